The van der Waals surface area contributed by atoms with Gasteiger partial charge in [0.15, 0.2) is 0 Å². The number of rotatable bonds is 6. The quantitative estimate of drug-likeness (QED) is 0.851. The van der Waals surface area contributed by atoms with Gasteiger partial charge in [-0.05, 0) is 24.6 Å². The first kappa shape index (κ1) is 18.8. The van der Waals surface area contributed by atoms with Gasteiger partial charge < -0.3 is 19.7 Å². The fourth-order valence-corrected chi connectivity index (χ4v) is 3.16. The summed E-state index contributed by atoms with van der Waals surface area (Å²) < 4.78 is 10.6. The van der Waals surface area contributed by atoms with Crippen LogP contribution in [0.4, 0.5) is 5.69 Å². The molecule has 0 saturated carbocycles. The molecular weight excluding hydrogens is 344 g/mol. The zero-order valence-corrected chi connectivity index (χ0v) is 15.8. The summed E-state index contributed by atoms with van der Waals surface area (Å²) in [5.74, 6) is 0.612. The van der Waals surface area contributed by atoms with Crippen LogP contribution in [0.5, 0.6) is 11.5 Å². The molecule has 6 heteroatoms. The van der Waals surface area contributed by atoms with Crippen LogP contribution >= 0.6 is 0 Å². The van der Waals surface area contributed by atoms with Crippen LogP contribution in [-0.4, -0.2) is 32.6 Å². The van der Waals surface area contributed by atoms with Gasteiger partial charge in [-0.2, -0.15) is 0 Å². The summed E-state index contributed by atoms with van der Waals surface area (Å²) in [6, 6.07) is 13.3. The highest BCUT2D eigenvalue weighted by atomic mass is 16.5. The van der Waals surface area contributed by atoms with Crippen LogP contribution in [0.2, 0.25) is 0 Å². The molecule has 1 saturated heterocycles. The Kier molecular flexibility index (Phi) is 5.64. The molecule has 6 nitrogen and oxygen atoms in total. The predicted molar refractivity (Wildman–Crippen MR) is 103 cm³/mol. The second-order valence-electron chi connectivity index (χ2n) is 6.65. The summed E-state index contributed by atoms with van der Waals surface area (Å²) in [7, 11) is 3.12. The number of nitrogens with one attached hydrogen (secondary N) is 1. The summed E-state index contributed by atoms with van der Waals surface area (Å²) in [5.41, 5.74) is 2.86. The van der Waals surface area contributed by atoms with E-state index in [-0.39, 0.29) is 24.2 Å². The molecule has 2 aromatic carbocycles. The Morgan fingerprint density at radius 2 is 1.89 bits per heavy atom. The number of hydrogen-bond donors (Lipinski definition) is 1. The molecule has 0 spiro atoms. The predicted octanol–water partition coefficient (Wildman–Crippen LogP) is 2.68. The molecule has 0 aromatic heterocycles. The van der Waals surface area contributed by atoms with Crippen molar-refractivity contribution in [3.63, 3.8) is 0 Å². The molecular formula is C21H24N2O4. The van der Waals surface area contributed by atoms with Gasteiger partial charge >= 0.3 is 0 Å². The smallest absolute Gasteiger partial charge is 0.227 e. The van der Waals surface area contributed by atoms with Crippen LogP contribution in [0.15, 0.2) is 42.5 Å². The summed E-state index contributed by atoms with van der Waals surface area (Å²) in [4.78, 5) is 26.6. The van der Waals surface area contributed by atoms with Gasteiger partial charge in [-0.15, -0.1) is 0 Å². The molecule has 3 rings (SSSR count). The van der Waals surface area contributed by atoms with Crippen molar-refractivity contribution in [2.45, 2.75) is 19.9 Å². The van der Waals surface area contributed by atoms with Gasteiger partial charge in [0.25, 0.3) is 0 Å². The van der Waals surface area contributed by atoms with E-state index in [0.717, 1.165) is 5.56 Å². The lowest BCUT2D eigenvalue weighted by atomic mass is 10.1. The first-order valence-electron chi connectivity index (χ1n) is 8.87. The van der Waals surface area contributed by atoms with E-state index >= 15 is 0 Å². The number of benzene rings is 2. The van der Waals surface area contributed by atoms with Gasteiger partial charge in [-0.3, -0.25) is 9.59 Å². The normalized spacial score (nSPS) is 16.3. The highest BCUT2D eigenvalue weighted by Crippen LogP contribution is 2.35. The minimum Gasteiger partial charge on any atom is -0.497 e. The Hall–Kier alpha value is -3.02. The number of ether oxygens (including phenoxy) is 2. The van der Waals surface area contributed by atoms with Gasteiger partial charge in [0.05, 0.1) is 25.8 Å². The highest BCUT2D eigenvalue weighted by Gasteiger charge is 2.36. The molecule has 142 valence electrons. The first-order chi connectivity index (χ1) is 13.0. The third-order valence-electron chi connectivity index (χ3n) is 4.76. The summed E-state index contributed by atoms with van der Waals surface area (Å²) in [6.07, 6.45) is 0.189. The number of carbonyl (C=O) groups is 2. The Morgan fingerprint density at radius 1 is 1.15 bits per heavy atom. The van der Waals surface area contributed by atoms with Crippen molar-refractivity contribution in [2.75, 3.05) is 25.7 Å². The second kappa shape index (κ2) is 8.12. The van der Waals surface area contributed by atoms with Crippen LogP contribution in [-0.2, 0) is 16.1 Å². The zero-order chi connectivity index (χ0) is 19.4. The molecule has 27 heavy (non-hydrogen) atoms. The first-order valence-corrected chi connectivity index (χ1v) is 8.87. The maximum atomic E-state index is 12.5. The molecule has 1 fully saturated rings. The Morgan fingerprint density at radius 3 is 2.56 bits per heavy atom. The number of aryl methyl sites for hydroxylation is 1. The lowest BCUT2D eigenvalue weighted by Crippen LogP contribution is -2.32. The molecule has 1 aliphatic rings. The number of methoxy groups -OCH3 is 2. The van der Waals surface area contributed by atoms with Crippen molar-refractivity contribution in [1.82, 2.24) is 5.32 Å². The fraction of sp³-hybridized carbons (Fsp3) is 0.333. The van der Waals surface area contributed by atoms with Crippen LogP contribution in [0.25, 0.3) is 0 Å². The van der Waals surface area contributed by atoms with E-state index in [4.69, 9.17) is 9.47 Å². The average Bonchev–Trinajstić information content (AvgIpc) is 3.08. The van der Waals surface area contributed by atoms with Crippen LogP contribution in [0.1, 0.15) is 17.5 Å². The van der Waals surface area contributed by atoms with Crippen LogP contribution in [0.3, 0.4) is 0 Å². The monoisotopic (exact) mass is 368 g/mol. The lowest BCUT2D eigenvalue weighted by Gasteiger charge is -2.20. The number of hydrogen-bond acceptors (Lipinski definition) is 4. The van der Waals surface area contributed by atoms with Crippen LogP contribution in [0, 0.1) is 12.8 Å². The van der Waals surface area contributed by atoms with Gasteiger partial charge in [-0.1, -0.05) is 29.8 Å². The maximum Gasteiger partial charge on any atom is 0.227 e. The van der Waals surface area contributed by atoms with E-state index < -0.39 is 0 Å². The molecule has 1 atom stereocenters. The van der Waals surface area contributed by atoms with E-state index in [2.05, 4.69) is 5.32 Å². The summed E-state index contributed by atoms with van der Waals surface area (Å²) in [5, 5.41) is 2.93. The van der Waals surface area contributed by atoms with Gasteiger partial charge in [0.1, 0.15) is 11.5 Å². The second-order valence-corrected chi connectivity index (χ2v) is 6.65. The van der Waals surface area contributed by atoms with E-state index in [1.807, 2.05) is 31.2 Å². The van der Waals surface area contributed by atoms with Gasteiger partial charge in [0.2, 0.25) is 11.8 Å². The highest BCUT2D eigenvalue weighted by molar-refractivity contribution is 6.01. The molecule has 1 unspecified atom stereocenters. The molecule has 0 aliphatic carbocycles. The molecule has 2 aromatic rings. The molecule has 2 amide bonds. The molecule has 0 radical (unpaired) electrons. The molecule has 1 aliphatic heterocycles. The van der Waals surface area contributed by atoms with Gasteiger partial charge in [-0.25, -0.2) is 0 Å². The SMILES string of the molecule is COc1ccc(N2CC(C(=O)NCc3ccc(C)cc3)CC2=O)c(OC)c1. The average molecular weight is 368 g/mol. The summed E-state index contributed by atoms with van der Waals surface area (Å²) in [6.45, 7) is 2.81. The third-order valence-corrected chi connectivity index (χ3v) is 4.76. The van der Waals surface area contributed by atoms with Crippen LogP contribution < -0.4 is 19.7 Å². The standard InChI is InChI=1S/C21H24N2O4/c1-14-4-6-15(7-5-14)12-22-21(25)16-10-20(24)23(13-16)18-9-8-17(26-2)11-19(18)27-3/h4-9,11,16H,10,12-13H2,1-3H3,(H,22,25). The third kappa shape index (κ3) is 4.22. The van der Waals surface area contributed by atoms with E-state index in [0.29, 0.717) is 30.3 Å². The van der Waals surface area contributed by atoms with Crippen molar-refractivity contribution in [3.05, 3.63) is 53.6 Å². The Balaban J connectivity index is 1.66. The van der Waals surface area contributed by atoms with E-state index in [1.54, 1.807) is 37.3 Å². The largest absolute Gasteiger partial charge is 0.497 e. The van der Waals surface area contributed by atoms with Crippen molar-refractivity contribution in [3.8, 4) is 11.5 Å². The number of anilines is 1. The molecule has 1 heterocycles. The van der Waals surface area contributed by atoms with Crippen molar-refractivity contribution in [1.29, 1.82) is 0 Å². The minimum atomic E-state index is -0.380. The van der Waals surface area contributed by atoms with Crippen molar-refractivity contribution in [2.24, 2.45) is 5.92 Å². The topological polar surface area (TPSA) is 67.9 Å². The maximum absolute atomic E-state index is 12.5. The fourth-order valence-electron chi connectivity index (χ4n) is 3.16. The lowest BCUT2D eigenvalue weighted by molar-refractivity contribution is -0.126. The Bertz CT molecular complexity index is 833. The minimum absolute atomic E-state index is 0.0889. The molecule has 1 N–H and O–H groups in total. The van der Waals surface area contributed by atoms with Crippen molar-refractivity contribution >= 4 is 17.5 Å². The Labute approximate surface area is 159 Å². The molecule has 0 bridgehead atoms. The van der Waals surface area contributed by atoms with Gasteiger partial charge in [0, 0.05) is 25.6 Å². The van der Waals surface area contributed by atoms with E-state index in [1.165, 1.54) is 5.56 Å². The van der Waals surface area contributed by atoms with E-state index in [9.17, 15) is 9.59 Å². The number of carbonyl (C=O) groups excluding carboxylic acids is 2. The number of nitrogens with zero attached hydrogens (tertiary/aromatic N) is 1. The van der Waals surface area contributed by atoms with Crippen molar-refractivity contribution < 1.29 is 19.1 Å². The summed E-state index contributed by atoms with van der Waals surface area (Å²) >= 11 is 0. The number of amides is 2. The zero-order valence-electron chi connectivity index (χ0n) is 15.8.